The summed E-state index contributed by atoms with van der Waals surface area (Å²) in [6.45, 7) is 0.491. The van der Waals surface area contributed by atoms with Gasteiger partial charge in [0, 0.05) is 26.5 Å². The van der Waals surface area contributed by atoms with E-state index in [0.717, 1.165) is 5.82 Å². The van der Waals surface area contributed by atoms with Crippen LogP contribution in [0.4, 0.5) is 4.79 Å². The molecule has 8 nitrogen and oxygen atoms in total. The number of imidazole rings is 1. The summed E-state index contributed by atoms with van der Waals surface area (Å²) in [5, 5.41) is 11.4. The molecule has 21 heavy (non-hydrogen) atoms. The van der Waals surface area contributed by atoms with E-state index in [1.807, 2.05) is 11.6 Å². The zero-order chi connectivity index (χ0) is 15.4. The maximum atomic E-state index is 11.9. The van der Waals surface area contributed by atoms with Crippen molar-refractivity contribution in [3.05, 3.63) is 41.9 Å². The van der Waals surface area contributed by atoms with Crippen LogP contribution < -0.4 is 5.32 Å². The first kappa shape index (κ1) is 14.6. The van der Waals surface area contributed by atoms with Crippen LogP contribution in [0.25, 0.3) is 0 Å². The Morgan fingerprint density at radius 1 is 1.48 bits per heavy atom. The van der Waals surface area contributed by atoms with E-state index in [9.17, 15) is 9.59 Å². The predicted octanol–water partition coefficient (Wildman–Crippen LogP) is 1.05. The van der Waals surface area contributed by atoms with E-state index in [2.05, 4.69) is 10.3 Å². The van der Waals surface area contributed by atoms with Crippen molar-refractivity contribution in [2.45, 2.75) is 13.1 Å². The maximum absolute atomic E-state index is 11.9. The fraction of sp³-hybridized carbons (Fsp3) is 0.308. The van der Waals surface area contributed by atoms with Gasteiger partial charge in [-0.2, -0.15) is 0 Å². The van der Waals surface area contributed by atoms with Gasteiger partial charge in [-0.1, -0.05) is 0 Å². The summed E-state index contributed by atoms with van der Waals surface area (Å²) >= 11 is 0. The Labute approximate surface area is 121 Å². The highest BCUT2D eigenvalue weighted by molar-refractivity contribution is 5.84. The summed E-state index contributed by atoms with van der Waals surface area (Å²) in [5.74, 6) is -0.148. The number of nitrogens with zero attached hydrogens (tertiary/aromatic N) is 3. The molecule has 0 spiro atoms. The molecule has 8 heteroatoms. The monoisotopic (exact) mass is 292 g/mol. The summed E-state index contributed by atoms with van der Waals surface area (Å²) in [7, 11) is 3.50. The Bertz CT molecular complexity index is 646. The molecule has 2 aromatic rings. The van der Waals surface area contributed by atoms with E-state index in [1.54, 1.807) is 19.4 Å². The third kappa shape index (κ3) is 3.62. The van der Waals surface area contributed by atoms with Crippen LogP contribution in [0.2, 0.25) is 0 Å². The Balaban J connectivity index is 1.86. The van der Waals surface area contributed by atoms with Crippen molar-refractivity contribution in [2.75, 3.05) is 7.05 Å². The second-order valence-electron chi connectivity index (χ2n) is 4.54. The molecule has 0 saturated heterocycles. The number of aromatic carboxylic acids is 1. The molecule has 0 unspecified atom stereocenters. The minimum atomic E-state index is -1.14. The summed E-state index contributed by atoms with van der Waals surface area (Å²) in [6.07, 6.45) is 3.47. The summed E-state index contributed by atoms with van der Waals surface area (Å²) < 4.78 is 6.88. The van der Waals surface area contributed by atoms with Crippen molar-refractivity contribution >= 4 is 12.0 Å². The number of amides is 2. The molecule has 2 rings (SSSR count). The number of urea groups is 1. The van der Waals surface area contributed by atoms with E-state index < -0.39 is 5.97 Å². The Morgan fingerprint density at radius 3 is 2.81 bits per heavy atom. The minimum absolute atomic E-state index is 0.122. The molecule has 2 heterocycles. The molecule has 0 saturated carbocycles. The number of aromatic nitrogens is 2. The molecule has 2 aromatic heterocycles. The van der Waals surface area contributed by atoms with E-state index >= 15 is 0 Å². The Morgan fingerprint density at radius 2 is 2.24 bits per heavy atom. The number of aryl methyl sites for hydroxylation is 1. The molecule has 0 bridgehead atoms. The highest BCUT2D eigenvalue weighted by Gasteiger charge is 2.13. The van der Waals surface area contributed by atoms with Crippen LogP contribution in [0.3, 0.4) is 0 Å². The zero-order valence-electron chi connectivity index (χ0n) is 11.7. The first-order chi connectivity index (χ1) is 9.97. The van der Waals surface area contributed by atoms with E-state index in [-0.39, 0.29) is 18.3 Å². The smallest absolute Gasteiger partial charge is 0.371 e. The van der Waals surface area contributed by atoms with Crippen LogP contribution in [0.15, 0.2) is 28.9 Å². The average Bonchev–Trinajstić information content (AvgIpc) is 3.06. The number of carboxylic acids is 1. The van der Waals surface area contributed by atoms with Gasteiger partial charge in [0.2, 0.25) is 5.76 Å². The number of carbonyl (C=O) groups is 2. The minimum Gasteiger partial charge on any atom is -0.475 e. The molecule has 2 amide bonds. The van der Waals surface area contributed by atoms with Crippen molar-refractivity contribution in [3.8, 4) is 0 Å². The average molecular weight is 292 g/mol. The Hall–Kier alpha value is -2.77. The molecule has 0 aromatic carbocycles. The lowest BCUT2D eigenvalue weighted by Gasteiger charge is -2.17. The molecule has 0 aliphatic heterocycles. The number of hydrogen-bond donors (Lipinski definition) is 2. The molecule has 0 aliphatic rings. The van der Waals surface area contributed by atoms with Crippen LogP contribution in [0.1, 0.15) is 22.1 Å². The van der Waals surface area contributed by atoms with Crippen molar-refractivity contribution in [1.82, 2.24) is 19.8 Å². The second-order valence-corrected chi connectivity index (χ2v) is 4.54. The van der Waals surface area contributed by atoms with E-state index in [1.165, 1.54) is 17.0 Å². The Kier molecular flexibility index (Phi) is 4.27. The van der Waals surface area contributed by atoms with Crippen LogP contribution >= 0.6 is 0 Å². The summed E-state index contributed by atoms with van der Waals surface area (Å²) in [4.78, 5) is 28.2. The number of rotatable bonds is 5. The van der Waals surface area contributed by atoms with Crippen molar-refractivity contribution in [1.29, 1.82) is 0 Å². The third-order valence-corrected chi connectivity index (χ3v) is 2.93. The fourth-order valence-corrected chi connectivity index (χ4v) is 1.72. The highest BCUT2D eigenvalue weighted by Crippen LogP contribution is 2.07. The van der Waals surface area contributed by atoms with Crippen molar-refractivity contribution < 1.29 is 19.1 Å². The largest absolute Gasteiger partial charge is 0.475 e. The van der Waals surface area contributed by atoms with Gasteiger partial charge < -0.3 is 24.3 Å². The molecule has 0 aliphatic carbocycles. The lowest BCUT2D eigenvalue weighted by molar-refractivity contribution is 0.0660. The first-order valence-electron chi connectivity index (χ1n) is 6.24. The second kappa shape index (κ2) is 6.12. The van der Waals surface area contributed by atoms with Gasteiger partial charge in [0.15, 0.2) is 0 Å². The number of carbonyl (C=O) groups excluding carboxylic acids is 1. The van der Waals surface area contributed by atoms with Crippen LogP contribution in [0, 0.1) is 0 Å². The molecule has 2 N–H and O–H groups in total. The van der Waals surface area contributed by atoms with Gasteiger partial charge in [-0.15, -0.1) is 0 Å². The quantitative estimate of drug-likeness (QED) is 0.858. The fourth-order valence-electron chi connectivity index (χ4n) is 1.72. The highest BCUT2D eigenvalue weighted by atomic mass is 16.4. The maximum Gasteiger partial charge on any atom is 0.371 e. The van der Waals surface area contributed by atoms with Gasteiger partial charge in [0.05, 0.1) is 13.1 Å². The van der Waals surface area contributed by atoms with E-state index in [4.69, 9.17) is 9.52 Å². The summed E-state index contributed by atoms with van der Waals surface area (Å²) in [6, 6.07) is 2.57. The van der Waals surface area contributed by atoms with Gasteiger partial charge in [-0.3, -0.25) is 0 Å². The van der Waals surface area contributed by atoms with Gasteiger partial charge >= 0.3 is 12.0 Å². The standard InChI is InChI=1S/C13H16N4O4/c1-16-6-5-14-11(16)8-17(2)13(20)15-7-9-3-4-10(21-9)12(18)19/h3-6H,7-8H2,1-2H3,(H,15,20)(H,18,19). The number of nitrogens with one attached hydrogen (secondary N) is 1. The molecular weight excluding hydrogens is 276 g/mol. The van der Waals surface area contributed by atoms with Gasteiger partial charge in [-0.25, -0.2) is 14.6 Å². The molecule has 112 valence electrons. The zero-order valence-corrected chi connectivity index (χ0v) is 11.7. The third-order valence-electron chi connectivity index (χ3n) is 2.93. The normalized spacial score (nSPS) is 10.4. The van der Waals surface area contributed by atoms with Gasteiger partial charge in [0.25, 0.3) is 0 Å². The molecule has 0 radical (unpaired) electrons. The molecular formula is C13H16N4O4. The first-order valence-corrected chi connectivity index (χ1v) is 6.24. The molecule has 0 fully saturated rings. The summed E-state index contributed by atoms with van der Waals surface area (Å²) in [5.41, 5.74) is 0. The van der Waals surface area contributed by atoms with Crippen LogP contribution in [-0.4, -0.2) is 38.6 Å². The van der Waals surface area contributed by atoms with Gasteiger partial charge in [-0.05, 0) is 12.1 Å². The number of furan rings is 1. The topological polar surface area (TPSA) is 101 Å². The number of hydrogen-bond acceptors (Lipinski definition) is 4. The van der Waals surface area contributed by atoms with Gasteiger partial charge in [0.1, 0.15) is 11.6 Å². The lowest BCUT2D eigenvalue weighted by Crippen LogP contribution is -2.36. The predicted molar refractivity (Wildman–Crippen MR) is 72.6 cm³/mol. The van der Waals surface area contributed by atoms with Crippen LogP contribution in [-0.2, 0) is 20.1 Å². The van der Waals surface area contributed by atoms with Crippen molar-refractivity contribution in [2.24, 2.45) is 7.05 Å². The number of carboxylic acid groups (broad SMARTS) is 1. The lowest BCUT2D eigenvalue weighted by atomic mass is 10.4. The SMILES string of the molecule is CN(Cc1nccn1C)C(=O)NCc1ccc(C(=O)O)o1. The van der Waals surface area contributed by atoms with Crippen molar-refractivity contribution in [3.63, 3.8) is 0 Å². The molecule has 0 atom stereocenters. The van der Waals surface area contributed by atoms with E-state index in [0.29, 0.717) is 12.3 Å². The van der Waals surface area contributed by atoms with Crippen LogP contribution in [0.5, 0.6) is 0 Å².